The van der Waals surface area contributed by atoms with Gasteiger partial charge in [-0.2, -0.15) is 17.7 Å². The maximum Gasteiger partial charge on any atom is 3.00 e. The summed E-state index contributed by atoms with van der Waals surface area (Å²) in [6, 6.07) is 0. The van der Waals surface area contributed by atoms with E-state index in [2.05, 4.69) is 48.0 Å². The molecule has 1 saturated heterocycles. The molecule has 1 fully saturated rings. The van der Waals surface area contributed by atoms with Crippen LogP contribution in [-0.4, -0.2) is 25.9 Å². The van der Waals surface area contributed by atoms with Crippen molar-refractivity contribution in [3.05, 3.63) is 46.7 Å². The van der Waals surface area contributed by atoms with Gasteiger partial charge in [-0.05, 0) is 25.9 Å². The quantitative estimate of drug-likeness (QED) is 0.371. The number of nitrogens with zero attached hydrogens (tertiary/aromatic N) is 1. The van der Waals surface area contributed by atoms with E-state index in [9.17, 15) is 0 Å². The van der Waals surface area contributed by atoms with Crippen molar-refractivity contribution >= 4 is 8.24 Å². The molecule has 3 rings (SSSR count). The minimum Gasteiger partial charge on any atom is -1.00 e. The maximum atomic E-state index is 3.50. The van der Waals surface area contributed by atoms with Crippen LogP contribution < -0.4 is 24.8 Å². The first kappa shape index (κ1) is 21.6. The van der Waals surface area contributed by atoms with E-state index in [0.29, 0.717) is 0 Å². The van der Waals surface area contributed by atoms with E-state index in [-0.39, 0.29) is 51.0 Å². The van der Waals surface area contributed by atoms with Crippen molar-refractivity contribution in [3.63, 3.8) is 0 Å². The van der Waals surface area contributed by atoms with Crippen molar-refractivity contribution in [2.24, 2.45) is 0 Å². The van der Waals surface area contributed by atoms with Gasteiger partial charge in [0.05, 0.1) is 0 Å². The largest absolute Gasteiger partial charge is 3.00 e. The molecule has 0 aromatic heterocycles. The molecule has 0 aromatic carbocycles. The molecule has 21 heavy (non-hydrogen) atoms. The topological polar surface area (TPSA) is 3.24 Å². The number of hydrogen-bond donors (Lipinski definition) is 0. The predicted octanol–water partition coefficient (Wildman–Crippen LogP) is -2.22. The van der Waals surface area contributed by atoms with Crippen molar-refractivity contribution < 1.29 is 51.0 Å². The average molecular weight is 419 g/mol. The molecule has 5 heteroatoms. The smallest absolute Gasteiger partial charge is 1.00 e. The van der Waals surface area contributed by atoms with Crippen LogP contribution in [0.3, 0.4) is 0 Å². The molecule has 1 radical (unpaired) electrons. The second-order valence-electron chi connectivity index (χ2n) is 5.95. The van der Waals surface area contributed by atoms with Gasteiger partial charge in [0.1, 0.15) is 8.24 Å². The molecule has 1 aliphatic heterocycles. The van der Waals surface area contributed by atoms with Gasteiger partial charge in [0, 0.05) is 0 Å². The van der Waals surface area contributed by atoms with Gasteiger partial charge < -0.3 is 29.4 Å². The van der Waals surface area contributed by atoms with Crippen molar-refractivity contribution in [2.75, 3.05) is 13.1 Å². The number of hydrogen-bond acceptors (Lipinski definition) is 1. The monoisotopic (exact) mass is 416 g/mol. The van der Waals surface area contributed by atoms with Gasteiger partial charge in [-0.1, -0.05) is 43.3 Å². The van der Waals surface area contributed by atoms with Crippen LogP contribution >= 0.6 is 0 Å². The van der Waals surface area contributed by atoms with Gasteiger partial charge in [0.15, 0.2) is 0 Å². The maximum absolute atomic E-state index is 3.50. The fourth-order valence-electron chi connectivity index (χ4n) is 3.39. The summed E-state index contributed by atoms with van der Waals surface area (Å²) in [5.74, 6) is 0. The molecule has 0 spiro atoms. The molecule has 0 N–H and O–H groups in total. The van der Waals surface area contributed by atoms with E-state index in [0.717, 1.165) is 12.8 Å². The molecule has 1 heterocycles. The molecule has 0 atom stereocenters. The Kier molecular flexibility index (Phi) is 9.29. The third-order valence-electron chi connectivity index (χ3n) is 4.51. The molecule has 1 nitrogen and oxygen atoms in total. The van der Waals surface area contributed by atoms with Gasteiger partial charge in [-0.15, -0.1) is 11.6 Å². The molecule has 0 aromatic rings. The second kappa shape index (κ2) is 9.03. The van der Waals surface area contributed by atoms with Gasteiger partial charge in [0.2, 0.25) is 0 Å². The summed E-state index contributed by atoms with van der Waals surface area (Å²) >= 11 is 0. The first-order chi connectivity index (χ1) is 8.69. The molecule has 2 aliphatic carbocycles. The minimum atomic E-state index is -1.44. The van der Waals surface area contributed by atoms with Crippen LogP contribution in [0, 0.1) is 6.08 Å². The summed E-state index contributed by atoms with van der Waals surface area (Å²) < 4.78 is 2.78. The molecule has 3 aliphatic rings. The van der Waals surface area contributed by atoms with Crippen molar-refractivity contribution in [3.8, 4) is 0 Å². The van der Waals surface area contributed by atoms with Gasteiger partial charge in [-0.25, -0.2) is 0 Å². The van der Waals surface area contributed by atoms with Crippen LogP contribution in [0.5, 0.6) is 0 Å². The summed E-state index contributed by atoms with van der Waals surface area (Å²) in [7, 11) is -1.44. The molecule has 0 bridgehead atoms. The van der Waals surface area contributed by atoms with E-state index >= 15 is 0 Å². The van der Waals surface area contributed by atoms with Crippen molar-refractivity contribution in [1.29, 1.82) is 0 Å². The normalized spacial score (nSPS) is 21.0. The van der Waals surface area contributed by atoms with Gasteiger partial charge >= 0.3 is 26.2 Å². The molecule has 0 unspecified atom stereocenters. The van der Waals surface area contributed by atoms with Gasteiger partial charge in [-0.3, -0.25) is 0 Å². The van der Waals surface area contributed by atoms with E-state index in [1.54, 1.807) is 10.8 Å². The Hall–Kier alpha value is 0.600. The van der Waals surface area contributed by atoms with Crippen LogP contribution in [-0.2, 0) is 26.2 Å². The van der Waals surface area contributed by atoms with Crippen molar-refractivity contribution in [1.82, 2.24) is 4.57 Å². The Morgan fingerprint density at radius 2 is 1.71 bits per heavy atom. The summed E-state index contributed by atoms with van der Waals surface area (Å²) in [5, 5.41) is 1.65. The molecule has 113 valence electrons. The molecule has 0 saturated carbocycles. The summed E-state index contributed by atoms with van der Waals surface area (Å²) in [5.41, 5.74) is 2.93. The first-order valence-corrected chi connectivity index (χ1v) is 10.1. The van der Waals surface area contributed by atoms with Crippen molar-refractivity contribution in [2.45, 2.75) is 38.8 Å². The standard InChI is InChI=1S/C16H22NSi.2ClH.Zr/c1-18(2,17-12-5-6-13-17)16-11-7-10-15(16)14-8-3-4-9-14;;;/h3,7-8,11H,4-6,10,12-13H2,1-2H3;2*1H;/q-1;;;+3/p-2. The van der Waals surface area contributed by atoms with E-state index < -0.39 is 8.24 Å². The van der Waals surface area contributed by atoms with Crippen LogP contribution in [0.4, 0.5) is 0 Å². The Morgan fingerprint density at radius 3 is 2.29 bits per heavy atom. The zero-order valence-corrected chi connectivity index (χ0v) is 17.7. The Labute approximate surface area is 161 Å². The zero-order chi connectivity index (χ0) is 12.6. The van der Waals surface area contributed by atoms with Crippen LogP contribution in [0.15, 0.2) is 40.6 Å². The van der Waals surface area contributed by atoms with Crippen LogP contribution in [0.2, 0.25) is 13.1 Å². The van der Waals surface area contributed by atoms with E-state index in [1.807, 2.05) is 0 Å². The minimum absolute atomic E-state index is 0. The Morgan fingerprint density at radius 1 is 1.05 bits per heavy atom. The average Bonchev–Trinajstić information content (AvgIpc) is 3.11. The zero-order valence-electron chi connectivity index (χ0n) is 12.8. The summed E-state index contributed by atoms with van der Waals surface area (Å²) in [6.45, 7) is 7.65. The Bertz CT molecular complexity index is 475. The third-order valence-corrected chi connectivity index (χ3v) is 8.32. The molecule has 0 amide bonds. The fraction of sp³-hybridized carbons (Fsp3) is 0.500. The third kappa shape index (κ3) is 4.32. The SMILES string of the molecule is C[Si](C)(C1=C(C2=[C-]CC=C2)CC=C1)N1CCCC1.[Cl-].[Cl-].[Zr+3]. The number of allylic oxidation sites excluding steroid dienone is 8. The van der Waals surface area contributed by atoms with Crippen LogP contribution in [0.1, 0.15) is 25.7 Å². The van der Waals surface area contributed by atoms with E-state index in [4.69, 9.17) is 0 Å². The summed E-state index contributed by atoms with van der Waals surface area (Å²) in [6.07, 6.45) is 17.6. The fourth-order valence-corrected chi connectivity index (χ4v) is 6.67. The second-order valence-corrected chi connectivity index (χ2v) is 10.2. The molecular weight excluding hydrogens is 396 g/mol. The first-order valence-electron chi connectivity index (χ1n) is 7.12. The Balaban J connectivity index is 0.00000133. The summed E-state index contributed by atoms with van der Waals surface area (Å²) in [4.78, 5) is 0. The number of rotatable bonds is 3. The number of halogens is 2. The van der Waals surface area contributed by atoms with Gasteiger partial charge in [0.25, 0.3) is 0 Å². The molecular formula is C16H22Cl2NSiZr. The van der Waals surface area contributed by atoms with Crippen LogP contribution in [0.25, 0.3) is 0 Å². The van der Waals surface area contributed by atoms with E-state index in [1.165, 1.54) is 31.5 Å². The predicted molar refractivity (Wildman–Crippen MR) is 79.6 cm³/mol.